The number of aromatic carboxylic acids is 1. The number of carboxylic acids is 1. The largest absolute Gasteiger partial charge is 0.478 e. The summed E-state index contributed by atoms with van der Waals surface area (Å²) in [4.78, 5) is 39.1. The van der Waals surface area contributed by atoms with Crippen LogP contribution in [0.3, 0.4) is 0 Å². The van der Waals surface area contributed by atoms with Gasteiger partial charge in [0.25, 0.3) is 11.5 Å². The monoisotopic (exact) mass is 322 g/mol. The first-order valence-electron chi connectivity index (χ1n) is 6.11. The number of carbonyl (C=O) groups is 2. The Morgan fingerprint density at radius 3 is 2.64 bits per heavy atom. The van der Waals surface area contributed by atoms with E-state index in [1.807, 2.05) is 0 Å². The number of benzene rings is 1. The van der Waals surface area contributed by atoms with Crippen molar-refractivity contribution in [3.05, 3.63) is 63.5 Å². The van der Waals surface area contributed by atoms with Crippen LogP contribution in [0.1, 0.15) is 10.4 Å². The maximum Gasteiger partial charge on any atom is 0.337 e. The van der Waals surface area contributed by atoms with Gasteiger partial charge in [-0.25, -0.2) is 4.79 Å². The highest BCUT2D eigenvalue weighted by molar-refractivity contribution is 6.33. The van der Waals surface area contributed by atoms with Crippen LogP contribution in [0.15, 0.2) is 47.4 Å². The molecule has 0 bridgehead atoms. The highest BCUT2D eigenvalue weighted by atomic mass is 35.5. The number of carboxylic acid groups (broad SMARTS) is 1. The molecule has 0 aliphatic rings. The molecule has 114 valence electrons. The van der Waals surface area contributed by atoms with Crippen LogP contribution in [-0.2, 0) is 4.79 Å². The smallest absolute Gasteiger partial charge is 0.337 e. The molecule has 2 rings (SSSR count). The van der Waals surface area contributed by atoms with Crippen LogP contribution in [0.5, 0.6) is 0 Å². The molecule has 1 amide bonds. The van der Waals surface area contributed by atoms with Crippen LogP contribution in [0.4, 0.5) is 5.69 Å². The second kappa shape index (κ2) is 6.77. The molecule has 8 heteroatoms. The number of hydrogen-bond acceptors (Lipinski definition) is 4. The minimum Gasteiger partial charge on any atom is -0.478 e. The molecular formula is C14H11ClN2O5. The lowest BCUT2D eigenvalue weighted by atomic mass is 10.3. The van der Waals surface area contributed by atoms with Crippen LogP contribution in [0.2, 0.25) is 5.02 Å². The summed E-state index contributed by atoms with van der Waals surface area (Å²) in [6, 6.07) is 8.81. The molecule has 2 aromatic rings. The van der Waals surface area contributed by atoms with Crippen molar-refractivity contribution in [3.8, 4) is 0 Å². The van der Waals surface area contributed by atoms with Crippen molar-refractivity contribution < 1.29 is 19.5 Å². The Hall–Kier alpha value is -2.80. The van der Waals surface area contributed by atoms with Gasteiger partial charge in [0.05, 0.1) is 22.5 Å². The van der Waals surface area contributed by atoms with Crippen molar-refractivity contribution in [1.82, 2.24) is 4.73 Å². The van der Waals surface area contributed by atoms with Gasteiger partial charge in [0.15, 0.2) is 6.61 Å². The molecule has 0 fully saturated rings. The number of halogens is 1. The van der Waals surface area contributed by atoms with Crippen molar-refractivity contribution in [2.75, 3.05) is 11.9 Å². The summed E-state index contributed by atoms with van der Waals surface area (Å²) in [5, 5.41) is 11.7. The van der Waals surface area contributed by atoms with E-state index in [0.717, 1.165) is 18.3 Å². The summed E-state index contributed by atoms with van der Waals surface area (Å²) in [5.41, 5.74) is -0.314. The summed E-state index contributed by atoms with van der Waals surface area (Å²) >= 11 is 5.89. The standard InChI is InChI=1S/C14H11ClN2O5/c15-10-3-1-2-4-11(10)16-12(18)8-22-17-7-9(14(20)21)5-6-13(17)19/h1-7H,8H2,(H,16,18)(H,20,21). The third-order valence-corrected chi connectivity index (χ3v) is 2.94. The first-order chi connectivity index (χ1) is 10.5. The van der Waals surface area contributed by atoms with Crippen LogP contribution < -0.4 is 15.7 Å². The molecule has 0 aliphatic carbocycles. The Kier molecular flexibility index (Phi) is 4.80. The number of amides is 1. The zero-order valence-electron chi connectivity index (χ0n) is 11.2. The molecule has 1 aromatic carbocycles. The first kappa shape index (κ1) is 15.6. The number of pyridine rings is 1. The second-order valence-electron chi connectivity index (χ2n) is 4.19. The third-order valence-electron chi connectivity index (χ3n) is 2.61. The summed E-state index contributed by atoms with van der Waals surface area (Å²) in [6.45, 7) is -0.478. The van der Waals surface area contributed by atoms with Gasteiger partial charge in [-0.05, 0) is 18.2 Å². The lowest BCUT2D eigenvalue weighted by molar-refractivity contribution is -0.120. The minimum atomic E-state index is -1.21. The number of carbonyl (C=O) groups excluding carboxylic acids is 1. The highest BCUT2D eigenvalue weighted by Gasteiger charge is 2.09. The fourth-order valence-electron chi connectivity index (χ4n) is 1.57. The molecule has 0 saturated heterocycles. The predicted molar refractivity (Wildman–Crippen MR) is 79.2 cm³/mol. The van der Waals surface area contributed by atoms with E-state index in [1.165, 1.54) is 0 Å². The molecule has 0 atom stereocenters. The number of rotatable bonds is 5. The van der Waals surface area contributed by atoms with Gasteiger partial charge in [0.2, 0.25) is 0 Å². The Balaban J connectivity index is 2.02. The molecule has 0 spiro atoms. The Labute approximate surface area is 129 Å². The Morgan fingerprint density at radius 2 is 1.95 bits per heavy atom. The number of nitrogens with one attached hydrogen (secondary N) is 1. The molecule has 0 unspecified atom stereocenters. The van der Waals surface area contributed by atoms with Crippen molar-refractivity contribution in [2.24, 2.45) is 0 Å². The van der Waals surface area contributed by atoms with Crippen LogP contribution in [-0.4, -0.2) is 28.3 Å². The normalized spacial score (nSPS) is 10.0. The van der Waals surface area contributed by atoms with E-state index in [0.29, 0.717) is 15.4 Å². The lowest BCUT2D eigenvalue weighted by Crippen LogP contribution is -2.32. The van der Waals surface area contributed by atoms with Gasteiger partial charge in [-0.15, -0.1) is 0 Å². The van der Waals surface area contributed by atoms with Crippen molar-refractivity contribution >= 4 is 29.2 Å². The molecule has 0 radical (unpaired) electrons. The number of hydrogen-bond donors (Lipinski definition) is 2. The third kappa shape index (κ3) is 3.86. The number of nitrogens with zero attached hydrogens (tertiary/aromatic N) is 1. The predicted octanol–water partition coefficient (Wildman–Crippen LogP) is 1.27. The molecule has 0 aliphatic heterocycles. The Morgan fingerprint density at radius 1 is 1.23 bits per heavy atom. The van der Waals surface area contributed by atoms with Gasteiger partial charge in [-0.3, -0.25) is 9.59 Å². The summed E-state index contributed by atoms with van der Waals surface area (Å²) in [7, 11) is 0. The average molecular weight is 323 g/mol. The van der Waals surface area contributed by atoms with Gasteiger partial charge in [-0.1, -0.05) is 23.7 Å². The molecule has 1 heterocycles. The maximum atomic E-state index is 11.7. The van der Waals surface area contributed by atoms with Crippen molar-refractivity contribution in [3.63, 3.8) is 0 Å². The second-order valence-corrected chi connectivity index (χ2v) is 4.60. The van der Waals surface area contributed by atoms with Gasteiger partial charge >= 0.3 is 5.97 Å². The molecule has 0 saturated carbocycles. The van der Waals surface area contributed by atoms with Crippen LogP contribution in [0, 0.1) is 0 Å². The van der Waals surface area contributed by atoms with E-state index in [4.69, 9.17) is 21.5 Å². The van der Waals surface area contributed by atoms with E-state index in [9.17, 15) is 14.4 Å². The minimum absolute atomic E-state index is 0.133. The average Bonchev–Trinajstić information content (AvgIpc) is 2.48. The van der Waals surface area contributed by atoms with Gasteiger partial charge in [0, 0.05) is 6.07 Å². The SMILES string of the molecule is O=C(COn1cc(C(=O)O)ccc1=O)Nc1ccccc1Cl. The van der Waals surface area contributed by atoms with Gasteiger partial charge in [0.1, 0.15) is 0 Å². The first-order valence-corrected chi connectivity index (χ1v) is 6.49. The molecular weight excluding hydrogens is 312 g/mol. The van der Waals surface area contributed by atoms with E-state index < -0.39 is 24.0 Å². The van der Waals surface area contributed by atoms with Gasteiger partial charge < -0.3 is 15.3 Å². The van der Waals surface area contributed by atoms with Gasteiger partial charge in [-0.2, -0.15) is 4.73 Å². The molecule has 1 aromatic heterocycles. The molecule has 2 N–H and O–H groups in total. The van der Waals surface area contributed by atoms with E-state index in [1.54, 1.807) is 24.3 Å². The summed E-state index contributed by atoms with van der Waals surface area (Å²) in [6.07, 6.45) is 0.993. The number of aromatic nitrogens is 1. The van der Waals surface area contributed by atoms with Crippen LogP contribution >= 0.6 is 11.6 Å². The quantitative estimate of drug-likeness (QED) is 0.864. The van der Waals surface area contributed by atoms with E-state index in [-0.39, 0.29) is 5.56 Å². The number of anilines is 1. The molecule has 22 heavy (non-hydrogen) atoms. The number of para-hydroxylation sites is 1. The summed E-state index contributed by atoms with van der Waals surface area (Å²) in [5.74, 6) is -1.75. The lowest BCUT2D eigenvalue weighted by Gasteiger charge is -2.10. The van der Waals surface area contributed by atoms with Crippen molar-refractivity contribution in [2.45, 2.75) is 0 Å². The van der Waals surface area contributed by atoms with Crippen LogP contribution in [0.25, 0.3) is 0 Å². The topological polar surface area (TPSA) is 97.6 Å². The fourth-order valence-corrected chi connectivity index (χ4v) is 1.75. The Bertz CT molecular complexity index is 772. The van der Waals surface area contributed by atoms with E-state index >= 15 is 0 Å². The summed E-state index contributed by atoms with van der Waals surface area (Å²) < 4.78 is 0.690. The maximum absolute atomic E-state index is 11.7. The fraction of sp³-hybridized carbons (Fsp3) is 0.0714. The molecule has 7 nitrogen and oxygen atoms in total. The zero-order chi connectivity index (χ0) is 16.1. The highest BCUT2D eigenvalue weighted by Crippen LogP contribution is 2.19. The zero-order valence-corrected chi connectivity index (χ0v) is 11.9. The van der Waals surface area contributed by atoms with Crippen molar-refractivity contribution in [1.29, 1.82) is 0 Å². The van der Waals surface area contributed by atoms with E-state index in [2.05, 4.69) is 5.32 Å².